The highest BCUT2D eigenvalue weighted by Gasteiger charge is 2.56. The molecule has 40 heavy (non-hydrogen) atoms. The largest absolute Gasteiger partial charge is 0.507 e. The highest BCUT2D eigenvalue weighted by atomic mass is 16.5. The SMILES string of the molecule is CCCCC[C@H](c1ccccc1)C(C)(C)c1cc(O)c([C@H]2C=C(COC(=O)C(C)(C)C)[C@H]3C[C@@H]2C3(C)C)c(O)c1. The van der Waals surface area contributed by atoms with Gasteiger partial charge in [0.2, 0.25) is 0 Å². The molecule has 2 N–H and O–H groups in total. The van der Waals surface area contributed by atoms with Gasteiger partial charge in [0.1, 0.15) is 18.1 Å². The molecule has 0 spiro atoms. The van der Waals surface area contributed by atoms with E-state index in [-0.39, 0.29) is 46.7 Å². The molecule has 0 amide bonds. The predicted octanol–water partition coefficient (Wildman–Crippen LogP) is 9.01. The molecule has 4 heteroatoms. The van der Waals surface area contributed by atoms with Crippen molar-refractivity contribution in [3.63, 3.8) is 0 Å². The van der Waals surface area contributed by atoms with Gasteiger partial charge in [-0.3, -0.25) is 4.79 Å². The summed E-state index contributed by atoms with van der Waals surface area (Å²) in [7, 11) is 0. The number of hydrogen-bond acceptors (Lipinski definition) is 4. The van der Waals surface area contributed by atoms with E-state index in [1.54, 1.807) is 0 Å². The molecule has 1 fully saturated rings. The number of phenolic OH excluding ortho intramolecular Hbond substituents is 2. The first-order valence-electron chi connectivity index (χ1n) is 15.2. The van der Waals surface area contributed by atoms with E-state index in [1.807, 2.05) is 32.9 Å². The molecule has 2 bridgehead atoms. The zero-order valence-corrected chi connectivity index (χ0v) is 25.9. The molecule has 3 aliphatic carbocycles. The smallest absolute Gasteiger partial charge is 0.311 e. The fraction of sp³-hybridized carbons (Fsp3) is 0.583. The van der Waals surface area contributed by atoms with Gasteiger partial charge < -0.3 is 14.9 Å². The van der Waals surface area contributed by atoms with Gasteiger partial charge in [-0.1, -0.05) is 90.3 Å². The molecule has 2 aromatic carbocycles. The van der Waals surface area contributed by atoms with Crippen LogP contribution in [0.2, 0.25) is 0 Å². The van der Waals surface area contributed by atoms with E-state index < -0.39 is 5.41 Å². The highest BCUT2D eigenvalue weighted by Crippen LogP contribution is 2.65. The normalized spacial score (nSPS) is 22.7. The van der Waals surface area contributed by atoms with Crippen LogP contribution in [0.1, 0.15) is 116 Å². The summed E-state index contributed by atoms with van der Waals surface area (Å²) in [6.45, 7) is 17.0. The lowest BCUT2D eigenvalue weighted by molar-refractivity contribution is -0.152. The fourth-order valence-corrected chi connectivity index (χ4v) is 7.23. The molecular weight excluding hydrogens is 496 g/mol. The molecule has 3 aliphatic rings. The van der Waals surface area contributed by atoms with Gasteiger partial charge in [-0.2, -0.15) is 0 Å². The van der Waals surface area contributed by atoms with Gasteiger partial charge in [0.15, 0.2) is 0 Å². The van der Waals surface area contributed by atoms with Crippen molar-refractivity contribution >= 4 is 5.97 Å². The summed E-state index contributed by atoms with van der Waals surface area (Å²) in [6.07, 6.45) is 7.67. The molecule has 0 aromatic heterocycles. The topological polar surface area (TPSA) is 66.8 Å². The van der Waals surface area contributed by atoms with Gasteiger partial charge in [-0.25, -0.2) is 0 Å². The van der Waals surface area contributed by atoms with Crippen molar-refractivity contribution in [2.24, 2.45) is 22.7 Å². The number of allylic oxidation sites excluding steroid dienone is 1. The van der Waals surface area contributed by atoms with Crippen LogP contribution in [0.3, 0.4) is 0 Å². The maximum absolute atomic E-state index is 12.5. The van der Waals surface area contributed by atoms with Crippen LogP contribution in [-0.4, -0.2) is 22.8 Å². The summed E-state index contributed by atoms with van der Waals surface area (Å²) in [5.74, 6) is 0.868. The van der Waals surface area contributed by atoms with Crippen LogP contribution < -0.4 is 0 Å². The minimum atomic E-state index is -0.556. The third-order valence-electron chi connectivity index (χ3n) is 9.98. The minimum absolute atomic E-state index is 0.00258. The van der Waals surface area contributed by atoms with Crippen molar-refractivity contribution in [2.75, 3.05) is 6.61 Å². The molecule has 218 valence electrons. The summed E-state index contributed by atoms with van der Waals surface area (Å²) in [6, 6.07) is 14.4. The second-order valence-corrected chi connectivity index (χ2v) is 14.4. The maximum Gasteiger partial charge on any atom is 0.311 e. The maximum atomic E-state index is 12.5. The van der Waals surface area contributed by atoms with Crippen molar-refractivity contribution in [3.8, 4) is 11.5 Å². The Labute approximate surface area is 241 Å². The number of ether oxygens (including phenoxy) is 1. The Balaban J connectivity index is 1.67. The zero-order chi connectivity index (χ0) is 29.5. The number of fused-ring (bicyclic) bond motifs is 1. The average molecular weight is 547 g/mol. The summed E-state index contributed by atoms with van der Waals surface area (Å²) < 4.78 is 5.72. The molecule has 0 radical (unpaired) electrons. The Kier molecular flexibility index (Phi) is 8.50. The fourth-order valence-electron chi connectivity index (χ4n) is 7.23. The first kappa shape index (κ1) is 30.2. The van der Waals surface area contributed by atoms with Crippen LogP contribution in [0.15, 0.2) is 54.1 Å². The van der Waals surface area contributed by atoms with Gasteiger partial charge in [0.25, 0.3) is 0 Å². The van der Waals surface area contributed by atoms with Gasteiger partial charge >= 0.3 is 5.97 Å². The van der Waals surface area contributed by atoms with Crippen molar-refractivity contribution < 1.29 is 19.7 Å². The molecule has 2 aromatic rings. The number of unbranched alkanes of at least 4 members (excludes halogenated alkanes) is 2. The third-order valence-corrected chi connectivity index (χ3v) is 9.98. The Hall–Kier alpha value is -2.75. The van der Waals surface area contributed by atoms with Crippen LogP contribution in [0.4, 0.5) is 0 Å². The molecule has 5 rings (SSSR count). The van der Waals surface area contributed by atoms with Gasteiger partial charge in [0, 0.05) is 11.5 Å². The predicted molar refractivity (Wildman–Crippen MR) is 163 cm³/mol. The molecule has 0 aliphatic heterocycles. The number of rotatable bonds is 10. The van der Waals surface area contributed by atoms with E-state index >= 15 is 0 Å². The lowest BCUT2D eigenvalue weighted by Gasteiger charge is -2.59. The quantitative estimate of drug-likeness (QED) is 0.177. The number of esters is 1. The number of hydrogen-bond donors (Lipinski definition) is 2. The third kappa shape index (κ3) is 5.69. The van der Waals surface area contributed by atoms with Crippen LogP contribution in [0.25, 0.3) is 0 Å². The number of aromatic hydroxyl groups is 2. The summed E-state index contributed by atoms with van der Waals surface area (Å²) in [5, 5.41) is 23.0. The number of carbonyl (C=O) groups excluding carboxylic acids is 1. The van der Waals surface area contributed by atoms with Gasteiger partial charge in [0.05, 0.1) is 5.41 Å². The van der Waals surface area contributed by atoms with Gasteiger partial charge in [-0.05, 0) is 91.0 Å². The molecule has 0 heterocycles. The van der Waals surface area contributed by atoms with E-state index in [0.717, 1.165) is 30.4 Å². The Morgan fingerprint density at radius 3 is 2.20 bits per heavy atom. The monoisotopic (exact) mass is 546 g/mol. The molecule has 0 saturated heterocycles. The van der Waals surface area contributed by atoms with Crippen LogP contribution in [0.5, 0.6) is 11.5 Å². The van der Waals surface area contributed by atoms with E-state index in [2.05, 4.69) is 71.0 Å². The van der Waals surface area contributed by atoms with Crippen LogP contribution >= 0.6 is 0 Å². The van der Waals surface area contributed by atoms with Crippen molar-refractivity contribution in [1.29, 1.82) is 0 Å². The Bertz CT molecular complexity index is 1210. The first-order chi connectivity index (χ1) is 18.7. The van der Waals surface area contributed by atoms with Crippen molar-refractivity contribution in [3.05, 3.63) is 70.8 Å². The minimum Gasteiger partial charge on any atom is -0.507 e. The second-order valence-electron chi connectivity index (χ2n) is 14.4. The molecule has 4 nitrogen and oxygen atoms in total. The standard InChI is InChI=1S/C36H50O4/c1-9-10-12-17-27(23-15-13-11-14-16-23)35(5,6)25-19-30(37)32(31(38)20-25)26-18-24(22-40-33(39)34(2,3)4)28-21-29(26)36(28,7)8/h11,13-16,18-20,26-29,37-38H,9-10,12,17,21-22H2,1-8H3/t26-,27+,28+,29-/m0/s1. The molecule has 0 unspecified atom stereocenters. The Morgan fingerprint density at radius 1 is 1.02 bits per heavy atom. The number of benzene rings is 2. The lowest BCUT2D eigenvalue weighted by Crippen LogP contribution is -2.52. The Morgan fingerprint density at radius 2 is 1.65 bits per heavy atom. The molecular formula is C36H50O4. The first-order valence-corrected chi connectivity index (χ1v) is 15.2. The highest BCUT2D eigenvalue weighted by molar-refractivity contribution is 5.75. The van der Waals surface area contributed by atoms with Crippen LogP contribution in [-0.2, 0) is 14.9 Å². The van der Waals surface area contributed by atoms with E-state index in [4.69, 9.17) is 4.74 Å². The van der Waals surface area contributed by atoms with Crippen molar-refractivity contribution in [1.82, 2.24) is 0 Å². The number of phenols is 2. The molecule has 4 atom stereocenters. The average Bonchev–Trinajstić information content (AvgIpc) is 2.88. The van der Waals surface area contributed by atoms with E-state index in [0.29, 0.717) is 17.4 Å². The number of carbonyl (C=O) groups is 1. The molecule has 1 saturated carbocycles. The van der Waals surface area contributed by atoms with E-state index in [9.17, 15) is 15.0 Å². The lowest BCUT2D eigenvalue weighted by atomic mass is 9.45. The summed E-state index contributed by atoms with van der Waals surface area (Å²) >= 11 is 0. The van der Waals surface area contributed by atoms with E-state index in [1.165, 1.54) is 18.4 Å². The van der Waals surface area contributed by atoms with Gasteiger partial charge in [-0.15, -0.1) is 0 Å². The van der Waals surface area contributed by atoms with Crippen molar-refractivity contribution in [2.45, 2.75) is 105 Å². The second kappa shape index (κ2) is 11.3. The van der Waals surface area contributed by atoms with Crippen LogP contribution in [0, 0.1) is 22.7 Å². The summed E-state index contributed by atoms with van der Waals surface area (Å²) in [4.78, 5) is 12.5. The summed E-state index contributed by atoms with van der Waals surface area (Å²) in [5.41, 5.74) is 3.07. The zero-order valence-electron chi connectivity index (χ0n) is 25.9.